The topological polar surface area (TPSA) is 459 Å². The van der Waals surface area contributed by atoms with Crippen LogP contribution in [-0.4, -0.2) is 201 Å². The number of H-pyrrole nitrogens is 1. The molecule has 11 atom stereocenters. The lowest BCUT2D eigenvalue weighted by atomic mass is 10.0. The third kappa shape index (κ3) is 28.4. The average Bonchev–Trinajstić information content (AvgIpc) is 1.45. The number of benzene rings is 2. The Morgan fingerprint density at radius 3 is 1.61 bits per heavy atom. The van der Waals surface area contributed by atoms with Gasteiger partial charge in [-0.15, -0.1) is 0 Å². The monoisotopic (exact) mass is 1330 g/mol. The van der Waals surface area contributed by atoms with Crippen molar-refractivity contribution in [3.63, 3.8) is 0 Å². The maximum absolute atomic E-state index is 14.2. The van der Waals surface area contributed by atoms with Crippen molar-refractivity contribution in [3.8, 4) is 0 Å². The van der Waals surface area contributed by atoms with Gasteiger partial charge in [0.05, 0.1) is 38.1 Å². The normalized spacial score (nSPS) is 14.4. The molecular formula is C62H84N12O19S. The maximum atomic E-state index is 14.2. The number of hydrogen-bond acceptors (Lipinski definition) is 21. The third-order valence-electron chi connectivity index (χ3n) is 13.4. The molecule has 3 aromatic rings. The van der Waals surface area contributed by atoms with Gasteiger partial charge in [0.1, 0.15) is 74.2 Å². The highest BCUT2D eigenvalue weighted by molar-refractivity contribution is 8.13. The SMILES string of the molecule is C=CCOC(=O)CC[C@H](NC(=O)[C@H](C)NC(=O)[C@H](Cc1cnc[nH]1)NC(=O)OCC=C)C(=O)NCC(=O)N[C@H](C(=O)N[C@@H](Cc1ccccc1)C(=O)N[C@H](C(=O)N[C@@H](CO)C(=O)N[C@@H](CC(=O)OCC=C)C(=O)N[C@H](C(=O)SCc1ccccc1)C(C)C)[C@@H](C)O)[C@@H](C)O. The van der Waals surface area contributed by atoms with Gasteiger partial charge in [0.15, 0.2) is 0 Å². The van der Waals surface area contributed by atoms with Crippen LogP contribution < -0.4 is 53.2 Å². The number of thioether (sulfide) groups is 1. The summed E-state index contributed by atoms with van der Waals surface area (Å²) >= 11 is 0.933. The number of carbonyl (C=O) groups excluding carboxylic acids is 13. The van der Waals surface area contributed by atoms with Crippen LogP contribution in [0.15, 0.2) is 111 Å². The Hall–Kier alpha value is -9.79. The van der Waals surface area contributed by atoms with Crippen molar-refractivity contribution in [2.75, 3.05) is 33.0 Å². The molecule has 0 saturated heterocycles. The summed E-state index contributed by atoms with van der Waals surface area (Å²) < 4.78 is 15.0. The minimum atomic E-state index is -1.94. The molecule has 0 spiro atoms. The van der Waals surface area contributed by atoms with Crippen LogP contribution in [0.1, 0.15) is 70.7 Å². The summed E-state index contributed by atoms with van der Waals surface area (Å²) in [6.45, 7) is 14.5. The summed E-state index contributed by atoms with van der Waals surface area (Å²) in [7, 11) is 0. The smallest absolute Gasteiger partial charge is 0.408 e. The van der Waals surface area contributed by atoms with E-state index in [0.717, 1.165) is 31.2 Å². The highest BCUT2D eigenvalue weighted by Gasteiger charge is 2.37. The summed E-state index contributed by atoms with van der Waals surface area (Å²) in [6, 6.07) is 2.51. The first-order valence-electron chi connectivity index (χ1n) is 29.7. The molecule has 14 N–H and O–H groups in total. The van der Waals surface area contributed by atoms with Crippen LogP contribution in [0.2, 0.25) is 0 Å². The fourth-order valence-electron chi connectivity index (χ4n) is 8.36. The molecule has 0 aliphatic rings. The Morgan fingerprint density at radius 1 is 0.543 bits per heavy atom. The number of esters is 2. The van der Waals surface area contributed by atoms with E-state index in [9.17, 15) is 77.6 Å². The van der Waals surface area contributed by atoms with Gasteiger partial charge in [-0.25, -0.2) is 9.78 Å². The third-order valence-corrected chi connectivity index (χ3v) is 14.4. The van der Waals surface area contributed by atoms with E-state index in [4.69, 9.17) is 14.2 Å². The Bertz CT molecular complexity index is 3060. The number of nitrogens with zero attached hydrogens (tertiary/aromatic N) is 1. The molecule has 3 rings (SSSR count). The number of alkyl carbamates (subject to hydrolysis) is 1. The highest BCUT2D eigenvalue weighted by atomic mass is 32.2. The van der Waals surface area contributed by atoms with Gasteiger partial charge in [-0.2, -0.15) is 0 Å². The number of amides is 10. The van der Waals surface area contributed by atoms with Crippen LogP contribution in [0.3, 0.4) is 0 Å². The predicted molar refractivity (Wildman–Crippen MR) is 339 cm³/mol. The molecule has 0 radical (unpaired) electrons. The van der Waals surface area contributed by atoms with E-state index in [-0.39, 0.29) is 38.4 Å². The molecule has 10 amide bonds. The second-order valence-corrected chi connectivity index (χ2v) is 22.4. The van der Waals surface area contributed by atoms with Crippen molar-refractivity contribution in [1.82, 2.24) is 63.1 Å². The minimum absolute atomic E-state index is 0.121. The summed E-state index contributed by atoms with van der Waals surface area (Å²) in [6.07, 6.45) is 0.0490. The molecule has 32 heteroatoms. The molecule has 1 heterocycles. The van der Waals surface area contributed by atoms with Crippen molar-refractivity contribution in [2.45, 2.75) is 139 Å². The lowest BCUT2D eigenvalue weighted by molar-refractivity contribution is -0.146. The number of ether oxygens (including phenoxy) is 3. The number of aromatic nitrogens is 2. The summed E-state index contributed by atoms with van der Waals surface area (Å²) in [5, 5.41) is 55.2. The van der Waals surface area contributed by atoms with Gasteiger partial charge < -0.3 is 87.7 Å². The van der Waals surface area contributed by atoms with Crippen molar-refractivity contribution in [1.29, 1.82) is 0 Å². The first-order valence-corrected chi connectivity index (χ1v) is 30.7. The first-order chi connectivity index (χ1) is 44.7. The average molecular weight is 1330 g/mol. The van der Waals surface area contributed by atoms with E-state index in [0.29, 0.717) is 11.3 Å². The Balaban J connectivity index is 1.79. The van der Waals surface area contributed by atoms with E-state index in [2.05, 4.69) is 82.9 Å². The van der Waals surface area contributed by atoms with Gasteiger partial charge in [-0.1, -0.05) is 124 Å². The molecule has 0 saturated carbocycles. The van der Waals surface area contributed by atoms with Crippen molar-refractivity contribution in [2.24, 2.45) is 5.92 Å². The number of rotatable bonds is 41. The van der Waals surface area contributed by atoms with E-state index >= 15 is 0 Å². The molecule has 0 bridgehead atoms. The fraction of sp³-hybridized carbons (Fsp3) is 0.452. The van der Waals surface area contributed by atoms with Crippen LogP contribution in [0.25, 0.3) is 0 Å². The molecule has 512 valence electrons. The number of aliphatic hydroxyl groups is 3. The highest BCUT2D eigenvalue weighted by Crippen LogP contribution is 2.19. The van der Waals surface area contributed by atoms with Gasteiger partial charge in [-0.3, -0.25) is 57.5 Å². The lowest BCUT2D eigenvalue weighted by Gasteiger charge is -2.28. The van der Waals surface area contributed by atoms with Crippen LogP contribution >= 0.6 is 11.8 Å². The zero-order chi connectivity index (χ0) is 69.9. The van der Waals surface area contributed by atoms with Gasteiger partial charge in [0.2, 0.25) is 58.3 Å². The van der Waals surface area contributed by atoms with Gasteiger partial charge in [0.25, 0.3) is 0 Å². The molecule has 0 aliphatic carbocycles. The van der Waals surface area contributed by atoms with E-state index in [1.165, 1.54) is 37.7 Å². The first kappa shape index (κ1) is 78.5. The van der Waals surface area contributed by atoms with Gasteiger partial charge in [0, 0.05) is 36.9 Å². The van der Waals surface area contributed by atoms with Crippen molar-refractivity contribution in [3.05, 3.63) is 128 Å². The second-order valence-electron chi connectivity index (χ2n) is 21.5. The van der Waals surface area contributed by atoms with E-state index in [1.54, 1.807) is 56.3 Å². The number of hydrogen-bond donors (Lipinski definition) is 14. The van der Waals surface area contributed by atoms with Crippen LogP contribution in [0, 0.1) is 5.92 Å². The molecular weight excluding hydrogens is 1250 g/mol. The Labute approximate surface area is 547 Å². The van der Waals surface area contributed by atoms with E-state index < -0.39 is 181 Å². The van der Waals surface area contributed by atoms with Crippen molar-refractivity contribution < 1.29 is 91.9 Å². The van der Waals surface area contributed by atoms with Gasteiger partial charge >= 0.3 is 18.0 Å². The Morgan fingerprint density at radius 2 is 1.04 bits per heavy atom. The minimum Gasteiger partial charge on any atom is -0.461 e. The molecule has 31 nitrogen and oxygen atoms in total. The van der Waals surface area contributed by atoms with Crippen molar-refractivity contribution >= 4 is 88.1 Å². The van der Waals surface area contributed by atoms with Crippen LogP contribution in [-0.2, 0) is 90.3 Å². The van der Waals surface area contributed by atoms with Gasteiger partial charge in [-0.05, 0) is 44.2 Å². The number of aliphatic hydroxyl groups excluding tert-OH is 3. The summed E-state index contributed by atoms with van der Waals surface area (Å²) in [5.41, 5.74) is 1.69. The molecule has 0 aliphatic heterocycles. The lowest BCUT2D eigenvalue weighted by Crippen LogP contribution is -2.63. The second kappa shape index (κ2) is 41.6. The quantitative estimate of drug-likeness (QED) is 0.0166. The van der Waals surface area contributed by atoms with E-state index in [1.807, 2.05) is 18.2 Å². The fourth-order valence-corrected chi connectivity index (χ4v) is 9.37. The summed E-state index contributed by atoms with van der Waals surface area (Å²) in [5.74, 6) is -11.8. The van der Waals surface area contributed by atoms with Crippen LogP contribution in [0.4, 0.5) is 4.79 Å². The summed E-state index contributed by atoms with van der Waals surface area (Å²) in [4.78, 5) is 182. The molecule has 0 unspecified atom stereocenters. The largest absolute Gasteiger partial charge is 0.461 e. The Kier molecular flexibility index (Phi) is 34.8. The molecule has 1 aromatic heterocycles. The zero-order valence-electron chi connectivity index (χ0n) is 52.7. The number of carbonyl (C=O) groups is 13. The molecule has 2 aromatic carbocycles. The standard InChI is InChI=1S/C62H84N12O19S/c1-9-24-91-48(79)23-22-42(67-53(81)36(6)66-55(83)44(28-41-30-63-34-65-41)71-62(90)93-26-11-3)54(82)64-31-47(78)72-51(37(7)76)59(87)69-43(27-39-18-14-12-15-19-39)56(84)74-52(38(8)77)60(88)70-46(32-75)58(86)68-45(29-49(80)92-25-10-2)57(85)73-50(35(4)5)61(89)94-33-40-20-16-13-17-21-40/h9-21,30,34-38,42-46,50-52,75-77H,1-3,22-29,31-33H2,4-8H3,(H,63,65)(H,64,82)(H,66,83)(H,67,81)(H,68,86)(H,69,87)(H,70,88)(H,71,90)(H,72,78)(H,73,85)(H,74,84)/t36-,37+,38+,42-,43-,44-,45-,46-,50-,51-,52-/m0/s1. The zero-order valence-corrected chi connectivity index (χ0v) is 53.5. The predicted octanol–water partition coefficient (Wildman–Crippen LogP) is -2.01. The number of aromatic amines is 1. The maximum Gasteiger partial charge on any atom is 0.408 e. The number of imidazole rings is 1. The number of nitrogens with one attached hydrogen (secondary N) is 11. The van der Waals surface area contributed by atoms with Crippen LogP contribution in [0.5, 0.6) is 0 Å². The molecule has 94 heavy (non-hydrogen) atoms. The molecule has 0 fully saturated rings.